The van der Waals surface area contributed by atoms with Crippen LogP contribution >= 0.6 is 11.6 Å². The molecule has 1 aliphatic rings. The quantitative estimate of drug-likeness (QED) is 0.811. The lowest BCUT2D eigenvalue weighted by molar-refractivity contribution is 0.282. The van der Waals surface area contributed by atoms with E-state index in [1.54, 1.807) is 6.07 Å². The average molecular weight is 250 g/mol. The zero-order valence-electron chi connectivity index (χ0n) is 9.69. The third-order valence-corrected chi connectivity index (χ3v) is 3.25. The second-order valence-electron chi connectivity index (χ2n) is 4.46. The fourth-order valence-corrected chi connectivity index (χ4v) is 2.10. The van der Waals surface area contributed by atoms with Crippen molar-refractivity contribution in [1.29, 1.82) is 0 Å². The van der Waals surface area contributed by atoms with Crippen LogP contribution in [0.25, 0.3) is 0 Å². The van der Waals surface area contributed by atoms with Gasteiger partial charge in [0.25, 0.3) is 0 Å². The van der Waals surface area contributed by atoms with Gasteiger partial charge in [-0.1, -0.05) is 23.6 Å². The maximum absolute atomic E-state index is 9.35. The molecule has 0 aromatic heterocycles. The van der Waals surface area contributed by atoms with Gasteiger partial charge in [0.2, 0.25) is 0 Å². The summed E-state index contributed by atoms with van der Waals surface area (Å²) in [4.78, 5) is 2.13. The SMILES string of the molecule is C#CCN(CC1CC1)c1cc(Cl)ccc1CO. The first-order chi connectivity index (χ1) is 8.24. The molecule has 90 valence electrons. The number of aliphatic hydroxyl groups excluding tert-OH is 1. The first kappa shape index (κ1) is 12.3. The Labute approximate surface area is 107 Å². The predicted octanol–water partition coefficient (Wildman–Crippen LogP) is 2.68. The van der Waals surface area contributed by atoms with Crippen molar-refractivity contribution in [2.24, 2.45) is 5.92 Å². The summed E-state index contributed by atoms with van der Waals surface area (Å²) < 4.78 is 0. The van der Waals surface area contributed by atoms with E-state index in [-0.39, 0.29) is 6.61 Å². The number of hydrogen-bond acceptors (Lipinski definition) is 2. The molecule has 17 heavy (non-hydrogen) atoms. The van der Waals surface area contributed by atoms with Crippen molar-refractivity contribution in [1.82, 2.24) is 0 Å². The van der Waals surface area contributed by atoms with Crippen LogP contribution in [0.2, 0.25) is 5.02 Å². The minimum absolute atomic E-state index is 0.0121. The van der Waals surface area contributed by atoms with E-state index in [1.165, 1.54) is 12.8 Å². The molecule has 0 radical (unpaired) electrons. The van der Waals surface area contributed by atoms with Crippen LogP contribution in [-0.4, -0.2) is 18.2 Å². The molecule has 1 aromatic rings. The van der Waals surface area contributed by atoms with E-state index in [9.17, 15) is 5.11 Å². The number of hydrogen-bond donors (Lipinski definition) is 1. The average Bonchev–Trinajstić information content (AvgIpc) is 3.12. The van der Waals surface area contributed by atoms with E-state index >= 15 is 0 Å². The number of halogens is 1. The van der Waals surface area contributed by atoms with Crippen molar-refractivity contribution < 1.29 is 5.11 Å². The first-order valence-electron chi connectivity index (χ1n) is 5.82. The highest BCUT2D eigenvalue weighted by molar-refractivity contribution is 6.30. The second kappa shape index (κ2) is 5.44. The van der Waals surface area contributed by atoms with Crippen LogP contribution in [0.15, 0.2) is 18.2 Å². The summed E-state index contributed by atoms with van der Waals surface area (Å²) in [5.41, 5.74) is 1.84. The summed E-state index contributed by atoms with van der Waals surface area (Å²) in [6, 6.07) is 5.53. The summed E-state index contributed by atoms with van der Waals surface area (Å²) in [5.74, 6) is 3.42. The Morgan fingerprint density at radius 1 is 1.47 bits per heavy atom. The van der Waals surface area contributed by atoms with E-state index in [4.69, 9.17) is 18.0 Å². The summed E-state index contributed by atoms with van der Waals surface area (Å²) >= 11 is 6.01. The Balaban J connectivity index is 2.26. The van der Waals surface area contributed by atoms with E-state index in [1.807, 2.05) is 12.1 Å². The van der Waals surface area contributed by atoms with Crippen LogP contribution in [0.5, 0.6) is 0 Å². The molecule has 0 amide bonds. The van der Waals surface area contributed by atoms with Gasteiger partial charge in [-0.15, -0.1) is 6.42 Å². The Morgan fingerprint density at radius 2 is 2.24 bits per heavy atom. The predicted molar refractivity (Wildman–Crippen MR) is 71.1 cm³/mol. The Bertz CT molecular complexity index is 434. The van der Waals surface area contributed by atoms with E-state index in [0.29, 0.717) is 11.6 Å². The Morgan fingerprint density at radius 3 is 2.82 bits per heavy atom. The normalized spacial score (nSPS) is 14.4. The van der Waals surface area contributed by atoms with Gasteiger partial charge in [0.1, 0.15) is 0 Å². The third-order valence-electron chi connectivity index (χ3n) is 3.02. The van der Waals surface area contributed by atoms with Gasteiger partial charge < -0.3 is 10.0 Å². The monoisotopic (exact) mass is 249 g/mol. The van der Waals surface area contributed by atoms with Crippen molar-refractivity contribution in [3.05, 3.63) is 28.8 Å². The molecule has 1 aromatic carbocycles. The van der Waals surface area contributed by atoms with Gasteiger partial charge in [0.15, 0.2) is 0 Å². The zero-order valence-corrected chi connectivity index (χ0v) is 10.5. The molecule has 1 saturated carbocycles. The molecular formula is C14H16ClNO. The van der Waals surface area contributed by atoms with Crippen LogP contribution in [0.4, 0.5) is 5.69 Å². The molecule has 2 rings (SSSR count). The van der Waals surface area contributed by atoms with E-state index < -0.39 is 0 Å². The Hall–Kier alpha value is -1.17. The standard InChI is InChI=1S/C14H16ClNO/c1-2-7-16(9-11-3-4-11)14-8-13(15)6-5-12(14)10-17/h1,5-6,8,11,17H,3-4,7,9-10H2. The van der Waals surface area contributed by atoms with Crippen LogP contribution in [0.1, 0.15) is 18.4 Å². The highest BCUT2D eigenvalue weighted by atomic mass is 35.5. The molecule has 1 fully saturated rings. The summed E-state index contributed by atoms with van der Waals surface area (Å²) in [6.45, 7) is 1.53. The first-order valence-corrected chi connectivity index (χ1v) is 6.20. The molecule has 0 unspecified atom stereocenters. The largest absolute Gasteiger partial charge is 0.392 e. The molecule has 0 heterocycles. The molecule has 1 N–H and O–H groups in total. The minimum Gasteiger partial charge on any atom is -0.392 e. The molecule has 3 heteroatoms. The van der Waals surface area contributed by atoms with Gasteiger partial charge in [0, 0.05) is 22.8 Å². The lowest BCUT2D eigenvalue weighted by Crippen LogP contribution is -2.27. The lowest BCUT2D eigenvalue weighted by atomic mass is 10.1. The minimum atomic E-state index is 0.0121. The van der Waals surface area contributed by atoms with E-state index in [2.05, 4.69) is 10.8 Å². The fourth-order valence-electron chi connectivity index (χ4n) is 1.94. The second-order valence-corrected chi connectivity index (χ2v) is 4.90. The summed E-state index contributed by atoms with van der Waals surface area (Å²) in [7, 11) is 0. The van der Waals surface area contributed by atoms with Gasteiger partial charge in [-0.2, -0.15) is 0 Å². The van der Waals surface area contributed by atoms with Crippen molar-refractivity contribution in [3.8, 4) is 12.3 Å². The Kier molecular flexibility index (Phi) is 3.93. The zero-order chi connectivity index (χ0) is 12.3. The molecule has 0 aliphatic heterocycles. The van der Waals surface area contributed by atoms with Gasteiger partial charge >= 0.3 is 0 Å². The van der Waals surface area contributed by atoms with Gasteiger partial charge in [-0.3, -0.25) is 0 Å². The summed E-state index contributed by atoms with van der Waals surface area (Å²) in [5, 5.41) is 10.0. The molecule has 0 spiro atoms. The van der Waals surface area contributed by atoms with Gasteiger partial charge in [0.05, 0.1) is 13.2 Å². The van der Waals surface area contributed by atoms with Gasteiger partial charge in [-0.25, -0.2) is 0 Å². The van der Waals surface area contributed by atoms with Crippen LogP contribution in [-0.2, 0) is 6.61 Å². The van der Waals surface area contributed by atoms with Crippen molar-refractivity contribution >= 4 is 17.3 Å². The third kappa shape index (κ3) is 3.15. The van der Waals surface area contributed by atoms with Crippen LogP contribution in [0, 0.1) is 18.3 Å². The molecular weight excluding hydrogens is 234 g/mol. The number of aliphatic hydroxyl groups is 1. The van der Waals surface area contributed by atoms with Crippen molar-refractivity contribution in [2.75, 3.05) is 18.0 Å². The van der Waals surface area contributed by atoms with Crippen LogP contribution < -0.4 is 4.90 Å². The van der Waals surface area contributed by atoms with E-state index in [0.717, 1.165) is 23.7 Å². The van der Waals surface area contributed by atoms with Crippen molar-refractivity contribution in [2.45, 2.75) is 19.4 Å². The number of anilines is 1. The smallest absolute Gasteiger partial charge is 0.0791 e. The topological polar surface area (TPSA) is 23.5 Å². The number of rotatable bonds is 5. The maximum atomic E-state index is 9.35. The highest BCUT2D eigenvalue weighted by Gasteiger charge is 2.25. The molecule has 2 nitrogen and oxygen atoms in total. The molecule has 0 saturated heterocycles. The lowest BCUT2D eigenvalue weighted by Gasteiger charge is -2.25. The molecule has 0 atom stereocenters. The fraction of sp³-hybridized carbons (Fsp3) is 0.429. The summed E-state index contributed by atoms with van der Waals surface area (Å²) in [6.07, 6.45) is 7.95. The maximum Gasteiger partial charge on any atom is 0.0791 e. The van der Waals surface area contributed by atoms with Crippen LogP contribution in [0.3, 0.4) is 0 Å². The number of terminal acetylenes is 1. The molecule has 0 bridgehead atoms. The van der Waals surface area contributed by atoms with Crippen molar-refractivity contribution in [3.63, 3.8) is 0 Å². The molecule has 1 aliphatic carbocycles. The number of benzene rings is 1. The highest BCUT2D eigenvalue weighted by Crippen LogP contribution is 2.33. The number of nitrogens with zero attached hydrogens (tertiary/aromatic N) is 1. The van der Waals surface area contributed by atoms with Gasteiger partial charge in [-0.05, 0) is 30.9 Å².